The van der Waals surface area contributed by atoms with Gasteiger partial charge in [-0.2, -0.15) is 8.42 Å². The number of Topliss-reactive ketones (excluding diaryl/α,β-unsaturated/α-hetero) is 2. The molecule has 0 spiro atoms. The summed E-state index contributed by atoms with van der Waals surface area (Å²) in [5.74, 6) is -0.398. The highest BCUT2D eigenvalue weighted by Gasteiger charge is 2.34. The van der Waals surface area contributed by atoms with Crippen LogP contribution in [0.4, 0.5) is 0 Å². The fourth-order valence-corrected chi connectivity index (χ4v) is 2.95. The van der Waals surface area contributed by atoms with Gasteiger partial charge in [0.15, 0.2) is 0 Å². The molecule has 2 aliphatic rings. The standard InChI is InChI=1S/C15H15ClN2O2.H2O4S/c1-17-6-8-18(9-7-17)13-12(16)14(19)10-4-2-3-5-11(10)15(13)20;1-5(2,3)4/h2-5H,6-9H2,1H3;(H2,1,2,3,4). The molecule has 1 heterocycles. The number of piperazine rings is 1. The number of allylic oxidation sites excluding steroid dienone is 2. The second-order valence-corrected chi connectivity index (χ2v) is 6.88. The Kier molecular flexibility index (Phi) is 5.96. The molecule has 0 atom stereocenters. The summed E-state index contributed by atoms with van der Waals surface area (Å²) >= 11 is 6.18. The van der Waals surface area contributed by atoms with E-state index in [-0.39, 0.29) is 16.6 Å². The van der Waals surface area contributed by atoms with Crippen LogP contribution in [0.1, 0.15) is 20.7 Å². The molecule has 1 aliphatic carbocycles. The van der Waals surface area contributed by atoms with Crippen molar-refractivity contribution >= 4 is 33.6 Å². The molecular weight excluding hydrogens is 372 g/mol. The lowest BCUT2D eigenvalue weighted by Gasteiger charge is -2.36. The summed E-state index contributed by atoms with van der Waals surface area (Å²) < 4.78 is 31.6. The molecule has 0 bridgehead atoms. The van der Waals surface area contributed by atoms with Gasteiger partial charge < -0.3 is 9.80 Å². The first-order valence-corrected chi connectivity index (χ1v) is 9.08. The van der Waals surface area contributed by atoms with E-state index in [0.717, 1.165) is 13.1 Å². The Labute approximate surface area is 150 Å². The van der Waals surface area contributed by atoms with Crippen LogP contribution in [-0.4, -0.2) is 72.1 Å². The van der Waals surface area contributed by atoms with Crippen LogP contribution < -0.4 is 0 Å². The summed E-state index contributed by atoms with van der Waals surface area (Å²) in [5, 5.41) is 0.0539. The van der Waals surface area contributed by atoms with Gasteiger partial charge >= 0.3 is 10.4 Å². The van der Waals surface area contributed by atoms with Gasteiger partial charge in [-0.3, -0.25) is 18.7 Å². The number of hydrogen-bond acceptors (Lipinski definition) is 6. The van der Waals surface area contributed by atoms with Crippen molar-refractivity contribution in [1.82, 2.24) is 9.80 Å². The number of nitrogens with zero attached hydrogens (tertiary/aromatic N) is 2. The fraction of sp³-hybridized carbons (Fsp3) is 0.333. The van der Waals surface area contributed by atoms with E-state index in [9.17, 15) is 9.59 Å². The van der Waals surface area contributed by atoms with Crippen LogP contribution in [0.15, 0.2) is 35.0 Å². The largest absolute Gasteiger partial charge is 0.394 e. The highest BCUT2D eigenvalue weighted by atomic mass is 35.5. The Bertz CT molecular complexity index is 820. The third kappa shape index (κ3) is 4.86. The minimum absolute atomic E-state index is 0.0539. The first kappa shape index (κ1) is 19.5. The summed E-state index contributed by atoms with van der Waals surface area (Å²) in [5.41, 5.74) is 1.22. The Hall–Kier alpha value is -1.78. The first-order valence-electron chi connectivity index (χ1n) is 7.31. The van der Waals surface area contributed by atoms with Crippen molar-refractivity contribution < 1.29 is 27.1 Å². The van der Waals surface area contributed by atoms with Crippen molar-refractivity contribution in [3.63, 3.8) is 0 Å². The molecule has 2 N–H and O–H groups in total. The molecule has 1 aromatic carbocycles. The Balaban J connectivity index is 0.000000399. The van der Waals surface area contributed by atoms with Crippen molar-refractivity contribution in [3.05, 3.63) is 46.1 Å². The Morgan fingerprint density at radius 1 is 0.960 bits per heavy atom. The van der Waals surface area contributed by atoms with E-state index >= 15 is 0 Å². The number of likely N-dealkylation sites (N-methyl/N-ethyl adjacent to an activating group) is 1. The number of hydrogen-bond donors (Lipinski definition) is 2. The Morgan fingerprint density at radius 2 is 1.40 bits per heavy atom. The molecule has 1 fully saturated rings. The van der Waals surface area contributed by atoms with Crippen molar-refractivity contribution in [2.75, 3.05) is 33.2 Å². The quantitative estimate of drug-likeness (QED) is 0.687. The SMILES string of the molecule is CN1CCN(C2=C(Cl)C(=O)c3ccccc3C2=O)CC1.O=S(=O)(O)O. The minimum atomic E-state index is -4.67. The smallest absolute Gasteiger partial charge is 0.364 e. The topological polar surface area (TPSA) is 115 Å². The molecule has 8 nitrogen and oxygen atoms in total. The first-order chi connectivity index (χ1) is 11.6. The van der Waals surface area contributed by atoms with Crippen LogP contribution in [0, 0.1) is 0 Å². The zero-order valence-corrected chi connectivity index (χ0v) is 14.9. The normalized spacial score (nSPS) is 18.6. The van der Waals surface area contributed by atoms with Gasteiger partial charge in [0.1, 0.15) is 10.7 Å². The molecule has 0 aromatic heterocycles. The highest BCUT2D eigenvalue weighted by molar-refractivity contribution is 7.79. The second kappa shape index (κ2) is 7.63. The summed E-state index contributed by atoms with van der Waals surface area (Å²) in [6.45, 7) is 3.14. The highest BCUT2D eigenvalue weighted by Crippen LogP contribution is 2.30. The van der Waals surface area contributed by atoms with Gasteiger partial charge in [0, 0.05) is 37.3 Å². The molecule has 1 saturated heterocycles. The van der Waals surface area contributed by atoms with Crippen LogP contribution in [0.5, 0.6) is 0 Å². The van der Waals surface area contributed by atoms with Crippen LogP contribution in [0.2, 0.25) is 0 Å². The number of carbonyl (C=O) groups is 2. The maximum atomic E-state index is 12.6. The van der Waals surface area contributed by atoms with Gasteiger partial charge in [-0.05, 0) is 7.05 Å². The molecule has 1 aliphatic heterocycles. The van der Waals surface area contributed by atoms with Gasteiger partial charge in [-0.25, -0.2) is 0 Å². The molecule has 0 amide bonds. The van der Waals surface area contributed by atoms with Crippen LogP contribution >= 0.6 is 11.6 Å². The van der Waals surface area contributed by atoms with Crippen LogP contribution in [0.25, 0.3) is 0 Å². The van der Waals surface area contributed by atoms with Gasteiger partial charge in [-0.15, -0.1) is 0 Å². The van der Waals surface area contributed by atoms with Crippen LogP contribution in [-0.2, 0) is 10.4 Å². The molecule has 0 radical (unpaired) electrons. The van der Waals surface area contributed by atoms with E-state index in [1.807, 2.05) is 11.9 Å². The fourth-order valence-electron chi connectivity index (χ4n) is 2.64. The summed E-state index contributed by atoms with van der Waals surface area (Å²) in [6, 6.07) is 6.85. The van der Waals surface area contributed by atoms with Gasteiger partial charge in [-0.1, -0.05) is 35.9 Å². The maximum Gasteiger partial charge on any atom is 0.394 e. The van der Waals surface area contributed by atoms with Crippen molar-refractivity contribution in [3.8, 4) is 0 Å². The van der Waals surface area contributed by atoms with E-state index < -0.39 is 10.4 Å². The minimum Gasteiger partial charge on any atom is -0.364 e. The third-order valence-electron chi connectivity index (χ3n) is 3.86. The molecule has 0 unspecified atom stereocenters. The Morgan fingerprint density at radius 3 is 1.88 bits per heavy atom. The number of ketones is 2. The van der Waals surface area contributed by atoms with E-state index in [4.69, 9.17) is 29.1 Å². The molecular formula is C15H17ClN2O6S. The predicted molar refractivity (Wildman–Crippen MR) is 91.2 cm³/mol. The monoisotopic (exact) mass is 388 g/mol. The van der Waals surface area contributed by atoms with Gasteiger partial charge in [0.05, 0.1) is 0 Å². The third-order valence-corrected chi connectivity index (χ3v) is 4.21. The van der Waals surface area contributed by atoms with E-state index in [1.165, 1.54) is 0 Å². The van der Waals surface area contributed by atoms with E-state index in [2.05, 4.69) is 4.90 Å². The lowest BCUT2D eigenvalue weighted by Crippen LogP contribution is -2.46. The molecule has 3 rings (SSSR count). The predicted octanol–water partition coefficient (Wildman–Crippen LogP) is 1.11. The zero-order valence-electron chi connectivity index (χ0n) is 13.3. The van der Waals surface area contributed by atoms with E-state index in [1.54, 1.807) is 24.3 Å². The molecule has 0 saturated carbocycles. The number of carbonyl (C=O) groups excluding carboxylic acids is 2. The number of benzene rings is 1. The molecule has 25 heavy (non-hydrogen) atoms. The second-order valence-electron chi connectivity index (χ2n) is 5.60. The van der Waals surface area contributed by atoms with E-state index in [0.29, 0.717) is 29.9 Å². The van der Waals surface area contributed by atoms with Gasteiger partial charge in [0.25, 0.3) is 0 Å². The summed E-state index contributed by atoms with van der Waals surface area (Å²) in [4.78, 5) is 29.0. The zero-order chi connectivity index (χ0) is 18.8. The maximum absolute atomic E-state index is 12.6. The average molecular weight is 389 g/mol. The lowest BCUT2D eigenvalue weighted by atomic mass is 9.91. The number of rotatable bonds is 1. The van der Waals surface area contributed by atoms with Crippen molar-refractivity contribution in [2.45, 2.75) is 0 Å². The number of fused-ring (bicyclic) bond motifs is 1. The number of halogens is 1. The van der Waals surface area contributed by atoms with Crippen molar-refractivity contribution in [2.24, 2.45) is 0 Å². The summed E-state index contributed by atoms with van der Waals surface area (Å²) in [7, 11) is -2.63. The average Bonchev–Trinajstić information content (AvgIpc) is 2.53. The molecule has 10 heteroatoms. The van der Waals surface area contributed by atoms with Crippen LogP contribution in [0.3, 0.4) is 0 Å². The summed E-state index contributed by atoms with van der Waals surface area (Å²) in [6.07, 6.45) is 0. The van der Waals surface area contributed by atoms with Gasteiger partial charge in [0.2, 0.25) is 11.6 Å². The van der Waals surface area contributed by atoms with Crippen molar-refractivity contribution in [1.29, 1.82) is 0 Å². The molecule has 1 aromatic rings. The molecule has 136 valence electrons. The lowest BCUT2D eigenvalue weighted by molar-refractivity contribution is 0.0922.